The first-order valence-electron chi connectivity index (χ1n) is 9.70. The Morgan fingerprint density at radius 2 is 1.42 bits per heavy atom. The summed E-state index contributed by atoms with van der Waals surface area (Å²) in [6, 6.07) is 27.7. The van der Waals surface area contributed by atoms with E-state index in [9.17, 15) is 0 Å². The minimum atomic E-state index is 0.623. The molecule has 0 saturated heterocycles. The van der Waals surface area contributed by atoms with E-state index in [1.807, 2.05) is 0 Å². The number of rotatable bonds is 4. The third kappa shape index (κ3) is 3.94. The van der Waals surface area contributed by atoms with Crippen molar-refractivity contribution in [2.45, 2.75) is 38.0 Å². The highest BCUT2D eigenvalue weighted by Gasteiger charge is 2.17. The third-order valence-corrected chi connectivity index (χ3v) is 5.27. The summed E-state index contributed by atoms with van der Waals surface area (Å²) in [5, 5.41) is 0. The van der Waals surface area contributed by atoms with Gasteiger partial charge in [-0.25, -0.2) is 0 Å². The van der Waals surface area contributed by atoms with Gasteiger partial charge in [0, 0.05) is 17.2 Å². The van der Waals surface area contributed by atoms with Crippen molar-refractivity contribution in [2.75, 3.05) is 0 Å². The maximum atomic E-state index is 5.10. The summed E-state index contributed by atoms with van der Waals surface area (Å²) in [7, 11) is 0. The van der Waals surface area contributed by atoms with E-state index >= 15 is 0 Å². The molecule has 3 aromatic rings. The van der Waals surface area contributed by atoms with Crippen LogP contribution < -0.4 is 0 Å². The van der Waals surface area contributed by atoms with Crippen molar-refractivity contribution in [3.05, 3.63) is 101 Å². The molecule has 1 aliphatic carbocycles. The molecule has 1 aliphatic rings. The van der Waals surface area contributed by atoms with Crippen molar-refractivity contribution in [2.24, 2.45) is 0 Å². The summed E-state index contributed by atoms with van der Waals surface area (Å²) >= 11 is 0. The Balaban J connectivity index is 1.76. The van der Waals surface area contributed by atoms with E-state index < -0.39 is 0 Å². The van der Waals surface area contributed by atoms with E-state index in [4.69, 9.17) is 4.98 Å². The number of hydrogen-bond donors (Lipinski definition) is 0. The maximum absolute atomic E-state index is 5.10. The van der Waals surface area contributed by atoms with E-state index in [2.05, 4.69) is 84.9 Å². The van der Waals surface area contributed by atoms with Crippen LogP contribution in [-0.2, 0) is 0 Å². The van der Waals surface area contributed by atoms with Crippen molar-refractivity contribution in [1.29, 1.82) is 0 Å². The van der Waals surface area contributed by atoms with Gasteiger partial charge in [-0.05, 0) is 42.2 Å². The summed E-state index contributed by atoms with van der Waals surface area (Å²) in [6.07, 6.45) is 8.85. The van der Waals surface area contributed by atoms with Gasteiger partial charge in [-0.1, -0.05) is 86.0 Å². The summed E-state index contributed by atoms with van der Waals surface area (Å²) in [5.74, 6) is 0.623. The summed E-state index contributed by atoms with van der Waals surface area (Å²) in [4.78, 5) is 5.10. The van der Waals surface area contributed by atoms with Crippen molar-refractivity contribution >= 4 is 11.6 Å². The average Bonchev–Trinajstić information content (AvgIpc) is 2.74. The number of pyridine rings is 1. The van der Waals surface area contributed by atoms with Crippen LogP contribution >= 0.6 is 0 Å². The van der Waals surface area contributed by atoms with Crippen molar-refractivity contribution in [3.8, 4) is 0 Å². The highest BCUT2D eigenvalue weighted by atomic mass is 14.7. The molecule has 0 N–H and O–H groups in total. The Morgan fingerprint density at radius 3 is 2.15 bits per heavy atom. The van der Waals surface area contributed by atoms with Crippen LogP contribution in [0.4, 0.5) is 0 Å². The number of aromatic nitrogens is 1. The second kappa shape index (κ2) is 8.14. The molecule has 0 spiro atoms. The van der Waals surface area contributed by atoms with Crippen LogP contribution in [0.5, 0.6) is 0 Å². The molecule has 0 bridgehead atoms. The summed E-state index contributed by atoms with van der Waals surface area (Å²) in [5.41, 5.74) is 5.94. The van der Waals surface area contributed by atoms with Crippen LogP contribution in [0, 0.1) is 0 Å². The van der Waals surface area contributed by atoms with Gasteiger partial charge in [-0.15, -0.1) is 0 Å². The standard InChI is InChI=1S/C25H25N/c1-4-11-20(12-5-1)19-23(21-13-6-2-7-14-21)25-18-10-17-24(26-25)22-15-8-3-9-16-22/h1-2,4-7,10-14,17-19,22H,3,8-9,15-16H2. The van der Waals surface area contributed by atoms with Gasteiger partial charge in [0.2, 0.25) is 0 Å². The second-order valence-electron chi connectivity index (χ2n) is 7.12. The topological polar surface area (TPSA) is 12.9 Å². The SMILES string of the molecule is C(=C(c1ccccc1)c1cccc(C2CCCCC2)n1)c1ccccc1. The van der Waals surface area contributed by atoms with Gasteiger partial charge >= 0.3 is 0 Å². The summed E-state index contributed by atoms with van der Waals surface area (Å²) < 4.78 is 0. The van der Waals surface area contributed by atoms with Gasteiger partial charge in [-0.2, -0.15) is 0 Å². The molecular formula is C25H25N. The van der Waals surface area contributed by atoms with Crippen molar-refractivity contribution in [1.82, 2.24) is 4.98 Å². The molecule has 1 nitrogen and oxygen atoms in total. The lowest BCUT2D eigenvalue weighted by Gasteiger charge is -2.21. The normalized spacial score (nSPS) is 15.8. The highest BCUT2D eigenvalue weighted by molar-refractivity contribution is 5.90. The lowest BCUT2D eigenvalue weighted by Crippen LogP contribution is -2.07. The lowest BCUT2D eigenvalue weighted by molar-refractivity contribution is 0.436. The molecule has 0 radical (unpaired) electrons. The Kier molecular flexibility index (Phi) is 5.25. The molecule has 4 rings (SSSR count). The van der Waals surface area contributed by atoms with Crippen LogP contribution in [-0.4, -0.2) is 4.98 Å². The molecule has 130 valence electrons. The maximum Gasteiger partial charge on any atom is 0.0711 e. The molecule has 0 amide bonds. The highest BCUT2D eigenvalue weighted by Crippen LogP contribution is 2.33. The molecule has 26 heavy (non-hydrogen) atoms. The fourth-order valence-corrected chi connectivity index (χ4v) is 3.87. The monoisotopic (exact) mass is 339 g/mol. The molecular weight excluding hydrogens is 314 g/mol. The number of benzene rings is 2. The molecule has 0 aliphatic heterocycles. The Morgan fingerprint density at radius 1 is 0.731 bits per heavy atom. The first-order valence-corrected chi connectivity index (χ1v) is 9.70. The fourth-order valence-electron chi connectivity index (χ4n) is 3.87. The molecule has 1 heteroatoms. The van der Waals surface area contributed by atoms with Crippen LogP contribution in [0.3, 0.4) is 0 Å². The van der Waals surface area contributed by atoms with Crippen LogP contribution in [0.25, 0.3) is 11.6 Å². The minimum absolute atomic E-state index is 0.623. The Labute approximate surface area is 156 Å². The van der Waals surface area contributed by atoms with Gasteiger partial charge in [0.25, 0.3) is 0 Å². The van der Waals surface area contributed by atoms with Gasteiger partial charge in [0.15, 0.2) is 0 Å². The zero-order valence-corrected chi connectivity index (χ0v) is 15.1. The van der Waals surface area contributed by atoms with Crippen molar-refractivity contribution in [3.63, 3.8) is 0 Å². The average molecular weight is 339 g/mol. The van der Waals surface area contributed by atoms with E-state index in [-0.39, 0.29) is 0 Å². The lowest BCUT2D eigenvalue weighted by atomic mass is 9.86. The van der Waals surface area contributed by atoms with Gasteiger partial charge in [0.05, 0.1) is 5.69 Å². The largest absolute Gasteiger partial charge is 0.253 e. The molecule has 1 heterocycles. The third-order valence-electron chi connectivity index (χ3n) is 5.27. The minimum Gasteiger partial charge on any atom is -0.253 e. The van der Waals surface area contributed by atoms with Gasteiger partial charge in [0.1, 0.15) is 0 Å². The molecule has 2 aromatic carbocycles. The molecule has 0 unspecified atom stereocenters. The number of hydrogen-bond acceptors (Lipinski definition) is 1. The smallest absolute Gasteiger partial charge is 0.0711 e. The fraction of sp³-hybridized carbons (Fsp3) is 0.240. The van der Waals surface area contributed by atoms with E-state index in [1.165, 1.54) is 54.5 Å². The Hall–Kier alpha value is -2.67. The first-order chi connectivity index (χ1) is 12.9. The summed E-state index contributed by atoms with van der Waals surface area (Å²) in [6.45, 7) is 0. The molecule has 0 atom stereocenters. The molecule has 1 aromatic heterocycles. The van der Waals surface area contributed by atoms with Gasteiger partial charge < -0.3 is 0 Å². The van der Waals surface area contributed by atoms with E-state index in [1.54, 1.807) is 0 Å². The quantitative estimate of drug-likeness (QED) is 0.481. The van der Waals surface area contributed by atoms with E-state index in [0.29, 0.717) is 5.92 Å². The van der Waals surface area contributed by atoms with Crippen molar-refractivity contribution < 1.29 is 0 Å². The molecule has 1 fully saturated rings. The Bertz CT molecular complexity index is 859. The number of nitrogens with zero attached hydrogens (tertiary/aromatic N) is 1. The molecule has 1 saturated carbocycles. The second-order valence-corrected chi connectivity index (χ2v) is 7.12. The van der Waals surface area contributed by atoms with Crippen LogP contribution in [0.1, 0.15) is 60.5 Å². The zero-order chi connectivity index (χ0) is 17.6. The van der Waals surface area contributed by atoms with Crippen LogP contribution in [0.15, 0.2) is 78.9 Å². The first kappa shape index (κ1) is 16.8. The van der Waals surface area contributed by atoms with E-state index in [0.717, 1.165) is 5.69 Å². The van der Waals surface area contributed by atoms with Gasteiger partial charge in [-0.3, -0.25) is 4.98 Å². The predicted molar refractivity (Wildman–Crippen MR) is 110 cm³/mol. The zero-order valence-electron chi connectivity index (χ0n) is 15.1. The predicted octanol–water partition coefficient (Wildman–Crippen LogP) is 6.72. The van der Waals surface area contributed by atoms with Crippen LogP contribution in [0.2, 0.25) is 0 Å².